The lowest BCUT2D eigenvalue weighted by atomic mass is 9.81. The molecule has 0 saturated carbocycles. The molecule has 1 fully saturated rings. The van der Waals surface area contributed by atoms with E-state index < -0.39 is 5.41 Å². The number of nitrogens with two attached hydrogens (primary N) is 1. The third-order valence-electron chi connectivity index (χ3n) is 4.50. The van der Waals surface area contributed by atoms with E-state index in [1.54, 1.807) is 6.92 Å². The number of carbonyl (C=O) groups is 2. The van der Waals surface area contributed by atoms with Gasteiger partial charge in [0.15, 0.2) is 0 Å². The standard InChI is InChI=1S/C14H27N3O2.ClH/c1-4-14(5-2,10-15)13(19)16-12-6-8-17(9-7-12)11(3)18;/h12H,4-10,15H2,1-3H3,(H,16,19);1H. The summed E-state index contributed by atoms with van der Waals surface area (Å²) in [7, 11) is 0. The third-order valence-corrected chi connectivity index (χ3v) is 4.50. The van der Waals surface area contributed by atoms with Crippen molar-refractivity contribution in [2.24, 2.45) is 11.1 Å². The van der Waals surface area contributed by atoms with E-state index in [0.717, 1.165) is 38.8 Å². The van der Waals surface area contributed by atoms with Crippen molar-refractivity contribution in [1.82, 2.24) is 10.2 Å². The number of nitrogens with zero attached hydrogens (tertiary/aromatic N) is 1. The van der Waals surface area contributed by atoms with Gasteiger partial charge in [-0.2, -0.15) is 0 Å². The highest BCUT2D eigenvalue weighted by molar-refractivity contribution is 5.85. The maximum atomic E-state index is 12.4. The van der Waals surface area contributed by atoms with Crippen molar-refractivity contribution in [1.29, 1.82) is 0 Å². The highest BCUT2D eigenvalue weighted by atomic mass is 35.5. The van der Waals surface area contributed by atoms with Gasteiger partial charge in [-0.05, 0) is 25.7 Å². The molecule has 20 heavy (non-hydrogen) atoms. The average Bonchev–Trinajstić information content (AvgIpc) is 2.42. The van der Waals surface area contributed by atoms with Crippen LogP contribution < -0.4 is 11.1 Å². The van der Waals surface area contributed by atoms with Crippen molar-refractivity contribution in [3.63, 3.8) is 0 Å². The van der Waals surface area contributed by atoms with Gasteiger partial charge in [-0.1, -0.05) is 13.8 Å². The summed E-state index contributed by atoms with van der Waals surface area (Å²) in [4.78, 5) is 25.5. The predicted octanol–water partition coefficient (Wildman–Crippen LogP) is 1.30. The molecular weight excluding hydrogens is 278 g/mol. The van der Waals surface area contributed by atoms with Gasteiger partial charge in [0, 0.05) is 32.6 Å². The molecule has 0 unspecified atom stereocenters. The Balaban J connectivity index is 0.00000361. The topological polar surface area (TPSA) is 75.4 Å². The van der Waals surface area contributed by atoms with Gasteiger partial charge in [-0.25, -0.2) is 0 Å². The molecule has 118 valence electrons. The Morgan fingerprint density at radius 1 is 1.25 bits per heavy atom. The first-order valence-corrected chi connectivity index (χ1v) is 7.25. The molecule has 1 aliphatic rings. The van der Waals surface area contributed by atoms with Crippen LogP contribution in [0.25, 0.3) is 0 Å². The molecule has 0 atom stereocenters. The predicted molar refractivity (Wildman–Crippen MR) is 82.7 cm³/mol. The molecule has 3 N–H and O–H groups in total. The van der Waals surface area contributed by atoms with Gasteiger partial charge in [0.05, 0.1) is 5.41 Å². The molecule has 0 aromatic heterocycles. The number of rotatable bonds is 5. The van der Waals surface area contributed by atoms with Crippen molar-refractivity contribution in [3.05, 3.63) is 0 Å². The van der Waals surface area contributed by atoms with Crippen LogP contribution in [0.3, 0.4) is 0 Å². The maximum absolute atomic E-state index is 12.4. The van der Waals surface area contributed by atoms with Gasteiger partial charge >= 0.3 is 0 Å². The van der Waals surface area contributed by atoms with Crippen LogP contribution in [0.5, 0.6) is 0 Å². The summed E-state index contributed by atoms with van der Waals surface area (Å²) in [5.41, 5.74) is 5.35. The molecule has 1 saturated heterocycles. The summed E-state index contributed by atoms with van der Waals surface area (Å²) in [6.07, 6.45) is 3.19. The van der Waals surface area contributed by atoms with Crippen molar-refractivity contribution in [3.8, 4) is 0 Å². The number of likely N-dealkylation sites (tertiary alicyclic amines) is 1. The second-order valence-electron chi connectivity index (χ2n) is 5.45. The molecular formula is C14H28ClN3O2. The van der Waals surface area contributed by atoms with E-state index in [1.165, 1.54) is 0 Å². The highest BCUT2D eigenvalue weighted by Gasteiger charge is 2.35. The summed E-state index contributed by atoms with van der Waals surface area (Å²) in [5, 5.41) is 3.12. The van der Waals surface area contributed by atoms with E-state index >= 15 is 0 Å². The molecule has 0 radical (unpaired) electrons. The van der Waals surface area contributed by atoms with Crippen molar-refractivity contribution < 1.29 is 9.59 Å². The van der Waals surface area contributed by atoms with Gasteiger partial charge in [0.2, 0.25) is 11.8 Å². The van der Waals surface area contributed by atoms with E-state index in [1.807, 2.05) is 18.7 Å². The fourth-order valence-corrected chi connectivity index (χ4v) is 2.63. The Morgan fingerprint density at radius 3 is 2.10 bits per heavy atom. The molecule has 5 nitrogen and oxygen atoms in total. The fourth-order valence-electron chi connectivity index (χ4n) is 2.63. The van der Waals surface area contributed by atoms with E-state index in [2.05, 4.69) is 5.32 Å². The average molecular weight is 306 g/mol. The number of carbonyl (C=O) groups excluding carboxylic acids is 2. The van der Waals surface area contributed by atoms with Gasteiger partial charge in [0.25, 0.3) is 0 Å². The number of hydrogen-bond acceptors (Lipinski definition) is 3. The van der Waals surface area contributed by atoms with Gasteiger partial charge in [-0.15, -0.1) is 12.4 Å². The minimum atomic E-state index is -0.433. The van der Waals surface area contributed by atoms with Crippen LogP contribution in [0.2, 0.25) is 0 Å². The zero-order valence-electron chi connectivity index (χ0n) is 12.8. The Kier molecular flexibility index (Phi) is 8.13. The summed E-state index contributed by atoms with van der Waals surface area (Å²) >= 11 is 0. The van der Waals surface area contributed by atoms with Gasteiger partial charge < -0.3 is 16.0 Å². The molecule has 2 amide bonds. The van der Waals surface area contributed by atoms with Crippen LogP contribution in [0, 0.1) is 5.41 Å². The molecule has 6 heteroatoms. The van der Waals surface area contributed by atoms with Crippen molar-refractivity contribution >= 4 is 24.2 Å². The molecule has 0 aromatic rings. The lowest BCUT2D eigenvalue weighted by molar-refractivity contribution is -0.132. The summed E-state index contributed by atoms with van der Waals surface area (Å²) in [6.45, 7) is 7.45. The normalized spacial score (nSPS) is 16.5. The minimum absolute atomic E-state index is 0. The quantitative estimate of drug-likeness (QED) is 0.804. The molecule has 1 aliphatic heterocycles. The van der Waals surface area contributed by atoms with Gasteiger partial charge in [-0.3, -0.25) is 9.59 Å². The summed E-state index contributed by atoms with van der Waals surface area (Å²) < 4.78 is 0. The molecule has 0 aliphatic carbocycles. The van der Waals surface area contributed by atoms with Crippen LogP contribution in [0.15, 0.2) is 0 Å². The zero-order chi connectivity index (χ0) is 14.5. The third kappa shape index (κ3) is 4.35. The van der Waals surface area contributed by atoms with Crippen LogP contribution in [0.4, 0.5) is 0 Å². The highest BCUT2D eigenvalue weighted by Crippen LogP contribution is 2.25. The summed E-state index contributed by atoms with van der Waals surface area (Å²) in [6, 6.07) is 0.173. The van der Waals surface area contributed by atoms with E-state index in [-0.39, 0.29) is 30.3 Å². The van der Waals surface area contributed by atoms with E-state index in [9.17, 15) is 9.59 Å². The Morgan fingerprint density at radius 2 is 1.75 bits per heavy atom. The lowest BCUT2D eigenvalue weighted by Gasteiger charge is -2.35. The minimum Gasteiger partial charge on any atom is -0.353 e. The molecule has 0 spiro atoms. The molecule has 1 rings (SSSR count). The lowest BCUT2D eigenvalue weighted by Crippen LogP contribution is -2.52. The first-order chi connectivity index (χ1) is 8.99. The first kappa shape index (κ1) is 19.2. The molecule has 0 aromatic carbocycles. The Labute approximate surface area is 128 Å². The summed E-state index contributed by atoms with van der Waals surface area (Å²) in [5.74, 6) is 0.185. The second-order valence-corrected chi connectivity index (χ2v) is 5.45. The van der Waals surface area contributed by atoms with Crippen molar-refractivity contribution in [2.75, 3.05) is 19.6 Å². The molecule has 0 bridgehead atoms. The van der Waals surface area contributed by atoms with Crippen LogP contribution in [0.1, 0.15) is 46.5 Å². The number of piperidine rings is 1. The second kappa shape index (κ2) is 8.47. The van der Waals surface area contributed by atoms with Gasteiger partial charge in [0.1, 0.15) is 0 Å². The Hall–Kier alpha value is -0.810. The fraction of sp³-hybridized carbons (Fsp3) is 0.857. The maximum Gasteiger partial charge on any atom is 0.227 e. The smallest absolute Gasteiger partial charge is 0.227 e. The number of halogens is 1. The van der Waals surface area contributed by atoms with Crippen LogP contribution in [-0.2, 0) is 9.59 Å². The largest absolute Gasteiger partial charge is 0.353 e. The number of hydrogen-bond donors (Lipinski definition) is 2. The monoisotopic (exact) mass is 305 g/mol. The van der Waals surface area contributed by atoms with E-state index in [4.69, 9.17) is 5.73 Å². The van der Waals surface area contributed by atoms with Crippen LogP contribution in [-0.4, -0.2) is 42.4 Å². The van der Waals surface area contributed by atoms with Crippen molar-refractivity contribution in [2.45, 2.75) is 52.5 Å². The number of amides is 2. The number of nitrogens with one attached hydrogen (secondary N) is 1. The SMILES string of the molecule is CCC(CC)(CN)C(=O)NC1CCN(C(C)=O)CC1.Cl. The Bertz CT molecular complexity index is 316. The van der Waals surface area contributed by atoms with E-state index in [0.29, 0.717) is 6.54 Å². The molecule has 1 heterocycles. The zero-order valence-corrected chi connectivity index (χ0v) is 13.6. The first-order valence-electron chi connectivity index (χ1n) is 7.25. The van der Waals surface area contributed by atoms with Crippen LogP contribution >= 0.6 is 12.4 Å².